The van der Waals surface area contributed by atoms with E-state index in [-0.39, 0.29) is 24.0 Å². The monoisotopic (exact) mass is 511 g/mol. The van der Waals surface area contributed by atoms with Crippen molar-refractivity contribution in [2.75, 3.05) is 27.3 Å². The summed E-state index contributed by atoms with van der Waals surface area (Å²) in [5.41, 5.74) is 2.38. The number of methoxy groups -OCH3 is 2. The van der Waals surface area contributed by atoms with Gasteiger partial charge in [-0.15, -0.1) is 24.0 Å². The topological polar surface area (TPSA) is 75.1 Å². The second-order valence-corrected chi connectivity index (χ2v) is 6.93. The quantitative estimate of drug-likeness (QED) is 0.303. The molecule has 0 aromatic heterocycles. The number of halogens is 1. The molecule has 0 radical (unpaired) electrons. The van der Waals surface area contributed by atoms with Gasteiger partial charge in [-0.1, -0.05) is 30.3 Å². The molecule has 29 heavy (non-hydrogen) atoms. The Labute approximate surface area is 189 Å². The molecule has 3 rings (SSSR count). The molecule has 0 amide bonds. The number of nitrogens with one attached hydrogen (secondary N) is 2. The number of rotatable bonds is 7. The van der Waals surface area contributed by atoms with Gasteiger partial charge in [0, 0.05) is 6.54 Å². The largest absolute Gasteiger partial charge is 0.493 e. The van der Waals surface area contributed by atoms with Crippen LogP contribution in [0.1, 0.15) is 30.0 Å². The number of aryl methyl sites for hydroxylation is 1. The van der Waals surface area contributed by atoms with Crippen LogP contribution in [0.5, 0.6) is 11.5 Å². The lowest BCUT2D eigenvalue weighted by molar-refractivity contribution is 0.0432. The summed E-state index contributed by atoms with van der Waals surface area (Å²) in [7, 11) is 3.24. The van der Waals surface area contributed by atoms with Crippen molar-refractivity contribution in [2.24, 2.45) is 4.99 Å². The molecule has 7 heteroatoms. The first-order valence-electron chi connectivity index (χ1n) is 9.63. The summed E-state index contributed by atoms with van der Waals surface area (Å²) in [6.45, 7) is 3.67. The van der Waals surface area contributed by atoms with Gasteiger partial charge >= 0.3 is 0 Å². The average molecular weight is 511 g/mol. The highest BCUT2D eigenvalue weighted by Gasteiger charge is 2.36. The van der Waals surface area contributed by atoms with Gasteiger partial charge in [0.2, 0.25) is 0 Å². The van der Waals surface area contributed by atoms with E-state index in [4.69, 9.17) is 9.47 Å². The summed E-state index contributed by atoms with van der Waals surface area (Å²) in [4.78, 5) is 4.65. The molecular formula is C22H30IN3O3. The van der Waals surface area contributed by atoms with E-state index in [1.165, 1.54) is 5.56 Å². The first-order valence-corrected chi connectivity index (χ1v) is 9.63. The molecule has 1 aliphatic rings. The van der Waals surface area contributed by atoms with Crippen LogP contribution in [0.15, 0.2) is 47.5 Å². The maximum Gasteiger partial charge on any atom is 0.191 e. The number of hydrogen-bond acceptors (Lipinski definition) is 4. The number of benzene rings is 2. The number of aliphatic imine (C=N–C) groups is 1. The zero-order valence-electron chi connectivity index (χ0n) is 17.2. The van der Waals surface area contributed by atoms with E-state index in [0.29, 0.717) is 37.0 Å². The lowest BCUT2D eigenvalue weighted by atomic mass is 9.96. The molecule has 158 valence electrons. The van der Waals surface area contributed by atoms with Crippen molar-refractivity contribution in [3.8, 4) is 11.5 Å². The Hall–Kier alpha value is -2.00. The SMILES string of the molecule is CCNC(=NCc1ccc(OC)c(OC)c1)NCC1(O)CCc2ccccc21.I. The molecule has 1 unspecified atom stereocenters. The normalized spacial score (nSPS) is 17.9. The Morgan fingerprint density at radius 1 is 1.10 bits per heavy atom. The minimum absolute atomic E-state index is 0. The van der Waals surface area contributed by atoms with Crippen molar-refractivity contribution in [3.05, 3.63) is 59.2 Å². The van der Waals surface area contributed by atoms with E-state index >= 15 is 0 Å². The third-order valence-electron chi connectivity index (χ3n) is 5.09. The van der Waals surface area contributed by atoms with E-state index < -0.39 is 5.60 Å². The summed E-state index contributed by atoms with van der Waals surface area (Å²) in [6.07, 6.45) is 1.61. The summed E-state index contributed by atoms with van der Waals surface area (Å²) in [5, 5.41) is 17.6. The van der Waals surface area contributed by atoms with Gasteiger partial charge in [-0.3, -0.25) is 0 Å². The molecular weight excluding hydrogens is 481 g/mol. The van der Waals surface area contributed by atoms with Crippen LogP contribution in [0.4, 0.5) is 0 Å². The molecule has 1 aliphatic carbocycles. The van der Waals surface area contributed by atoms with Crippen LogP contribution in [0.2, 0.25) is 0 Å². The van der Waals surface area contributed by atoms with Gasteiger partial charge in [0.05, 0.1) is 27.3 Å². The van der Waals surface area contributed by atoms with Gasteiger partial charge in [0.1, 0.15) is 5.60 Å². The molecule has 0 fully saturated rings. The van der Waals surface area contributed by atoms with Crippen molar-refractivity contribution in [1.29, 1.82) is 0 Å². The molecule has 6 nitrogen and oxygen atoms in total. The molecule has 0 spiro atoms. The molecule has 0 aliphatic heterocycles. The Morgan fingerprint density at radius 2 is 1.86 bits per heavy atom. The van der Waals surface area contributed by atoms with Crippen molar-refractivity contribution in [1.82, 2.24) is 10.6 Å². The predicted octanol–water partition coefficient (Wildman–Crippen LogP) is 3.21. The zero-order valence-corrected chi connectivity index (χ0v) is 19.5. The second kappa shape index (κ2) is 10.7. The third kappa shape index (κ3) is 5.54. The molecule has 0 saturated carbocycles. The molecule has 1 atom stereocenters. The average Bonchev–Trinajstić information content (AvgIpc) is 3.07. The number of guanidine groups is 1. The van der Waals surface area contributed by atoms with Gasteiger partial charge in [-0.05, 0) is 48.6 Å². The molecule has 2 aromatic rings. The smallest absolute Gasteiger partial charge is 0.191 e. The van der Waals surface area contributed by atoms with Crippen LogP contribution in [-0.4, -0.2) is 38.4 Å². The van der Waals surface area contributed by atoms with E-state index in [2.05, 4.69) is 21.7 Å². The highest BCUT2D eigenvalue weighted by atomic mass is 127. The molecule has 0 bridgehead atoms. The summed E-state index contributed by atoms with van der Waals surface area (Å²) in [6, 6.07) is 13.9. The number of nitrogens with zero attached hydrogens (tertiary/aromatic N) is 1. The van der Waals surface area contributed by atoms with Gasteiger partial charge in [-0.25, -0.2) is 4.99 Å². The van der Waals surface area contributed by atoms with Crippen LogP contribution in [-0.2, 0) is 18.6 Å². The van der Waals surface area contributed by atoms with Gasteiger partial charge in [0.25, 0.3) is 0 Å². The van der Waals surface area contributed by atoms with Crippen molar-refractivity contribution in [3.63, 3.8) is 0 Å². The number of ether oxygens (including phenoxy) is 2. The van der Waals surface area contributed by atoms with E-state index in [9.17, 15) is 5.11 Å². The zero-order chi connectivity index (χ0) is 20.0. The lowest BCUT2D eigenvalue weighted by Gasteiger charge is -2.25. The minimum Gasteiger partial charge on any atom is -0.493 e. The third-order valence-corrected chi connectivity index (χ3v) is 5.09. The number of hydrogen-bond donors (Lipinski definition) is 3. The van der Waals surface area contributed by atoms with Crippen LogP contribution >= 0.6 is 24.0 Å². The lowest BCUT2D eigenvalue weighted by Crippen LogP contribution is -2.45. The predicted molar refractivity (Wildman–Crippen MR) is 126 cm³/mol. The standard InChI is InChI=1S/C22H29N3O3.HI/c1-4-23-21(24-14-16-9-10-19(27-2)20(13-16)28-3)25-15-22(26)12-11-17-7-5-6-8-18(17)22;/h5-10,13,26H,4,11-12,14-15H2,1-3H3,(H2,23,24,25);1H. The maximum atomic E-state index is 11.1. The molecule has 3 N–H and O–H groups in total. The van der Waals surface area contributed by atoms with E-state index in [1.807, 2.05) is 43.3 Å². The number of fused-ring (bicyclic) bond motifs is 1. The van der Waals surface area contributed by atoms with Crippen LogP contribution < -0.4 is 20.1 Å². The van der Waals surface area contributed by atoms with Gasteiger partial charge < -0.3 is 25.2 Å². The first kappa shape index (κ1) is 23.3. The maximum absolute atomic E-state index is 11.1. The fourth-order valence-electron chi connectivity index (χ4n) is 3.57. The van der Waals surface area contributed by atoms with E-state index in [1.54, 1.807) is 14.2 Å². The van der Waals surface area contributed by atoms with Gasteiger partial charge in [0.15, 0.2) is 17.5 Å². The summed E-state index contributed by atoms with van der Waals surface area (Å²) < 4.78 is 10.6. The Kier molecular flexibility index (Phi) is 8.58. The fraction of sp³-hybridized carbons (Fsp3) is 0.409. The number of aliphatic hydroxyl groups is 1. The second-order valence-electron chi connectivity index (χ2n) is 6.93. The van der Waals surface area contributed by atoms with Crippen LogP contribution in [0.3, 0.4) is 0 Å². The van der Waals surface area contributed by atoms with Crippen molar-refractivity contribution >= 4 is 29.9 Å². The highest BCUT2D eigenvalue weighted by Crippen LogP contribution is 2.36. The molecule has 2 aromatic carbocycles. The molecule has 0 heterocycles. The Balaban J connectivity index is 0.00000300. The van der Waals surface area contributed by atoms with Gasteiger partial charge in [-0.2, -0.15) is 0 Å². The van der Waals surface area contributed by atoms with E-state index in [0.717, 1.165) is 24.1 Å². The van der Waals surface area contributed by atoms with Crippen molar-refractivity contribution in [2.45, 2.75) is 31.9 Å². The summed E-state index contributed by atoms with van der Waals surface area (Å²) in [5.74, 6) is 2.06. The summed E-state index contributed by atoms with van der Waals surface area (Å²) >= 11 is 0. The van der Waals surface area contributed by atoms with Crippen LogP contribution in [0.25, 0.3) is 0 Å². The highest BCUT2D eigenvalue weighted by molar-refractivity contribution is 14.0. The van der Waals surface area contributed by atoms with Crippen LogP contribution in [0, 0.1) is 0 Å². The fourth-order valence-corrected chi connectivity index (χ4v) is 3.57. The minimum atomic E-state index is -0.865. The Morgan fingerprint density at radius 3 is 2.59 bits per heavy atom. The first-order chi connectivity index (χ1) is 13.6. The Bertz CT molecular complexity index is 844. The molecule has 0 saturated heterocycles. The van der Waals surface area contributed by atoms with Crippen molar-refractivity contribution < 1.29 is 14.6 Å².